The first-order valence-corrected chi connectivity index (χ1v) is 10.4. The van der Waals surface area contributed by atoms with Gasteiger partial charge in [0.2, 0.25) is 0 Å². The number of aliphatic hydroxyl groups is 1. The molecule has 0 radical (unpaired) electrons. The topological polar surface area (TPSA) is 132 Å². The van der Waals surface area contributed by atoms with Crippen LogP contribution < -0.4 is 25.7 Å². The lowest BCUT2D eigenvalue weighted by Crippen LogP contribution is -2.38. The highest BCUT2D eigenvalue weighted by molar-refractivity contribution is 6.30. The number of aliphatic hydroxyl groups excluding tert-OH is 1. The van der Waals surface area contributed by atoms with Crippen LogP contribution in [0.25, 0.3) is 0 Å². The van der Waals surface area contributed by atoms with Crippen molar-refractivity contribution in [3.63, 3.8) is 0 Å². The number of amides is 2. The Labute approximate surface area is 200 Å². The highest BCUT2D eigenvalue weighted by Crippen LogP contribution is 2.20. The molecule has 1 aromatic heterocycles. The number of benzene rings is 1. The molecule has 35 heavy (non-hydrogen) atoms. The van der Waals surface area contributed by atoms with Crippen LogP contribution >= 0.6 is 11.6 Å². The van der Waals surface area contributed by atoms with Crippen LogP contribution in [0, 0.1) is 5.82 Å². The van der Waals surface area contributed by atoms with Crippen LogP contribution in [0.5, 0.6) is 11.5 Å². The Balaban J connectivity index is 1.62. The minimum Gasteiger partial charge on any atom is -0.484 e. The summed E-state index contributed by atoms with van der Waals surface area (Å²) < 4.78 is 60.6. The second-order valence-corrected chi connectivity index (χ2v) is 7.46. The lowest BCUT2D eigenvalue weighted by atomic mass is 10.2. The molecule has 3 N–H and O–H groups in total. The van der Waals surface area contributed by atoms with Gasteiger partial charge in [0.15, 0.2) is 13.2 Å². The summed E-state index contributed by atoms with van der Waals surface area (Å²) in [4.78, 5) is 35.1. The fourth-order valence-corrected chi connectivity index (χ4v) is 2.58. The summed E-state index contributed by atoms with van der Waals surface area (Å²) in [5, 5.41) is 18.0. The molecule has 15 heteroatoms. The van der Waals surface area contributed by atoms with Gasteiger partial charge in [0.25, 0.3) is 17.4 Å². The SMILES string of the molecule is O=C(COc1ccc(Cl)c(F)c1)NCCC(O)CNC(=O)COc1cnn(CC(F)(F)F)c(=O)c1. The number of carbonyl (C=O) groups excluding carboxylic acids is 2. The first-order valence-electron chi connectivity index (χ1n) is 9.99. The Hall–Kier alpha value is -3.39. The van der Waals surface area contributed by atoms with Crippen LogP contribution in [-0.2, 0) is 16.1 Å². The van der Waals surface area contributed by atoms with Gasteiger partial charge in [-0.2, -0.15) is 18.3 Å². The third kappa shape index (κ3) is 10.6. The van der Waals surface area contributed by atoms with E-state index in [9.17, 15) is 37.1 Å². The smallest absolute Gasteiger partial charge is 0.408 e. The molecule has 0 aliphatic rings. The number of nitrogens with one attached hydrogen (secondary N) is 2. The van der Waals surface area contributed by atoms with E-state index >= 15 is 0 Å². The van der Waals surface area contributed by atoms with Crippen molar-refractivity contribution in [2.75, 3.05) is 26.3 Å². The molecule has 0 aliphatic heterocycles. The Morgan fingerprint density at radius 1 is 1.11 bits per heavy atom. The molecule has 192 valence electrons. The van der Waals surface area contributed by atoms with Gasteiger partial charge in [-0.1, -0.05) is 11.6 Å². The maximum absolute atomic E-state index is 13.3. The van der Waals surface area contributed by atoms with E-state index < -0.39 is 48.6 Å². The van der Waals surface area contributed by atoms with Crippen molar-refractivity contribution < 1.29 is 41.7 Å². The molecule has 1 aromatic carbocycles. The van der Waals surface area contributed by atoms with E-state index in [4.69, 9.17) is 21.1 Å². The van der Waals surface area contributed by atoms with Gasteiger partial charge >= 0.3 is 6.18 Å². The molecule has 2 amide bonds. The van der Waals surface area contributed by atoms with E-state index in [2.05, 4.69) is 15.7 Å². The molecule has 2 aromatic rings. The minimum absolute atomic E-state index is 0.0601. The molecule has 0 aliphatic carbocycles. The van der Waals surface area contributed by atoms with E-state index in [0.717, 1.165) is 18.3 Å². The number of nitrogens with zero attached hydrogens (tertiary/aromatic N) is 2. The zero-order chi connectivity index (χ0) is 26.0. The van der Waals surface area contributed by atoms with Gasteiger partial charge in [0.1, 0.15) is 23.9 Å². The van der Waals surface area contributed by atoms with Crippen LogP contribution in [0.1, 0.15) is 6.42 Å². The van der Waals surface area contributed by atoms with Crippen molar-refractivity contribution in [1.82, 2.24) is 20.4 Å². The Bertz CT molecular complexity index is 1080. The van der Waals surface area contributed by atoms with Gasteiger partial charge in [0, 0.05) is 25.2 Å². The van der Waals surface area contributed by atoms with Crippen LogP contribution in [-0.4, -0.2) is 65.3 Å². The summed E-state index contributed by atoms with van der Waals surface area (Å²) in [6.45, 7) is -2.63. The van der Waals surface area contributed by atoms with Gasteiger partial charge in [-0.15, -0.1) is 0 Å². The van der Waals surface area contributed by atoms with Gasteiger partial charge < -0.3 is 25.2 Å². The normalized spacial score (nSPS) is 12.1. The molecule has 0 saturated heterocycles. The highest BCUT2D eigenvalue weighted by atomic mass is 35.5. The molecule has 1 heterocycles. The Kier molecular flexibility index (Phi) is 10.3. The van der Waals surface area contributed by atoms with Crippen LogP contribution in [0.15, 0.2) is 35.3 Å². The lowest BCUT2D eigenvalue weighted by Gasteiger charge is -2.13. The number of halogens is 5. The van der Waals surface area contributed by atoms with Crippen LogP contribution in [0.4, 0.5) is 17.6 Å². The van der Waals surface area contributed by atoms with E-state index in [1.165, 1.54) is 12.1 Å². The maximum atomic E-state index is 13.3. The van der Waals surface area contributed by atoms with Gasteiger partial charge in [-0.25, -0.2) is 9.07 Å². The summed E-state index contributed by atoms with van der Waals surface area (Å²) in [5.74, 6) is -1.96. The molecule has 0 fully saturated rings. The summed E-state index contributed by atoms with van der Waals surface area (Å²) in [7, 11) is 0. The van der Waals surface area contributed by atoms with Gasteiger partial charge in [-0.05, 0) is 18.6 Å². The number of hydrogen-bond acceptors (Lipinski definition) is 7. The molecule has 0 bridgehead atoms. The first-order chi connectivity index (χ1) is 16.4. The zero-order valence-corrected chi connectivity index (χ0v) is 18.7. The van der Waals surface area contributed by atoms with Crippen LogP contribution in [0.2, 0.25) is 5.02 Å². The van der Waals surface area contributed by atoms with Crippen molar-refractivity contribution in [2.24, 2.45) is 0 Å². The third-order valence-electron chi connectivity index (χ3n) is 4.14. The van der Waals surface area contributed by atoms with Gasteiger partial charge in [0.05, 0.1) is 17.3 Å². The lowest BCUT2D eigenvalue weighted by molar-refractivity contribution is -0.143. The number of rotatable bonds is 12. The first kappa shape index (κ1) is 27.9. The summed E-state index contributed by atoms with van der Waals surface area (Å²) in [6.07, 6.45) is -4.68. The molecular weight excluding hydrogens is 504 g/mol. The Morgan fingerprint density at radius 3 is 2.40 bits per heavy atom. The third-order valence-corrected chi connectivity index (χ3v) is 4.45. The quantitative estimate of drug-likeness (QED) is 0.353. The molecular formula is C20H21ClF4N4O6. The molecule has 0 saturated carbocycles. The standard InChI is InChI=1S/C20H21ClF4N4O6/c21-15-2-1-13(5-16(15)22)34-9-17(31)26-4-3-12(30)7-27-18(32)10-35-14-6-19(33)29(28-8-14)11-20(23,24)25/h1-2,5-6,8,12,30H,3-4,7,9-11H2,(H,26,31)(H,27,32). The van der Waals surface area contributed by atoms with Crippen molar-refractivity contribution in [3.05, 3.63) is 51.7 Å². The molecule has 10 nitrogen and oxygen atoms in total. The zero-order valence-electron chi connectivity index (χ0n) is 18.0. The van der Waals surface area contributed by atoms with Crippen molar-refractivity contribution in [1.29, 1.82) is 0 Å². The molecule has 1 atom stereocenters. The van der Waals surface area contributed by atoms with E-state index in [1.54, 1.807) is 0 Å². The van der Waals surface area contributed by atoms with Gasteiger partial charge in [-0.3, -0.25) is 14.4 Å². The number of aromatic nitrogens is 2. The predicted molar refractivity (Wildman–Crippen MR) is 114 cm³/mol. The molecule has 1 unspecified atom stereocenters. The highest BCUT2D eigenvalue weighted by Gasteiger charge is 2.29. The monoisotopic (exact) mass is 524 g/mol. The second-order valence-electron chi connectivity index (χ2n) is 7.05. The number of carbonyl (C=O) groups is 2. The second kappa shape index (κ2) is 12.9. The summed E-state index contributed by atoms with van der Waals surface area (Å²) in [6, 6.07) is 4.47. The average Bonchev–Trinajstić information content (AvgIpc) is 2.78. The summed E-state index contributed by atoms with van der Waals surface area (Å²) >= 11 is 5.55. The largest absolute Gasteiger partial charge is 0.484 e. The van der Waals surface area contributed by atoms with Crippen molar-refractivity contribution in [2.45, 2.75) is 25.2 Å². The number of hydrogen-bond donors (Lipinski definition) is 3. The number of ether oxygens (including phenoxy) is 2. The molecule has 0 spiro atoms. The maximum Gasteiger partial charge on any atom is 0.408 e. The predicted octanol–water partition coefficient (Wildman–Crippen LogP) is 1.04. The van der Waals surface area contributed by atoms with E-state index in [-0.39, 0.29) is 47.3 Å². The number of alkyl halides is 3. The van der Waals surface area contributed by atoms with E-state index in [0.29, 0.717) is 0 Å². The fraction of sp³-hybridized carbons (Fsp3) is 0.400. The summed E-state index contributed by atoms with van der Waals surface area (Å²) in [5.41, 5.74) is -1.05. The Morgan fingerprint density at radius 2 is 1.77 bits per heavy atom. The van der Waals surface area contributed by atoms with Crippen LogP contribution in [0.3, 0.4) is 0 Å². The molecule has 2 rings (SSSR count). The minimum atomic E-state index is -4.62. The fourth-order valence-electron chi connectivity index (χ4n) is 2.46. The van der Waals surface area contributed by atoms with Crippen molar-refractivity contribution in [3.8, 4) is 11.5 Å². The average molecular weight is 525 g/mol. The van der Waals surface area contributed by atoms with E-state index in [1.807, 2.05) is 0 Å². The van der Waals surface area contributed by atoms with Crippen molar-refractivity contribution >= 4 is 23.4 Å².